The van der Waals surface area contributed by atoms with E-state index in [1.54, 1.807) is 37.3 Å². The summed E-state index contributed by atoms with van der Waals surface area (Å²) in [6.07, 6.45) is 0. The fourth-order valence-electron chi connectivity index (χ4n) is 4.44. The van der Waals surface area contributed by atoms with Crippen molar-refractivity contribution >= 4 is 56.7 Å². The molecule has 6 rings (SSSR count). The number of benzene rings is 3. The first kappa shape index (κ1) is 20.0. The maximum atomic E-state index is 14.0. The average molecular weight is 477 g/mol. The van der Waals surface area contributed by atoms with Crippen LogP contribution in [0, 0.1) is 6.92 Å². The molecule has 0 bridgehead atoms. The summed E-state index contributed by atoms with van der Waals surface area (Å²) < 4.78 is 11.3. The largest absolute Gasteiger partial charge is 0.450 e. The van der Waals surface area contributed by atoms with Crippen LogP contribution in [-0.4, -0.2) is 11.1 Å². The van der Waals surface area contributed by atoms with E-state index in [4.69, 9.17) is 32.1 Å². The normalized spacial score (nSPS) is 15.5. The number of hydrogen-bond acceptors (Lipinski definition) is 5. The van der Waals surface area contributed by atoms with Crippen molar-refractivity contribution in [2.24, 2.45) is 0 Å². The van der Waals surface area contributed by atoms with Crippen LogP contribution in [-0.2, 0) is 0 Å². The number of anilines is 1. The van der Waals surface area contributed by atoms with E-state index in [9.17, 15) is 9.59 Å². The summed E-state index contributed by atoms with van der Waals surface area (Å²) in [7, 11) is 0. The van der Waals surface area contributed by atoms with Crippen molar-refractivity contribution in [3.05, 3.63) is 104 Å². The Bertz CT molecular complexity index is 1670. The van der Waals surface area contributed by atoms with Gasteiger partial charge in [0, 0.05) is 6.07 Å². The zero-order valence-electron chi connectivity index (χ0n) is 17.1. The SMILES string of the molecule is Cc1cc(N2C(=O)c3oc4ccc5ccccc5c4c(=O)c3C2c2ccc(Cl)c(Cl)c2)no1. The van der Waals surface area contributed by atoms with Gasteiger partial charge in [0.05, 0.1) is 27.0 Å². The van der Waals surface area contributed by atoms with Gasteiger partial charge in [0.15, 0.2) is 11.2 Å². The highest BCUT2D eigenvalue weighted by atomic mass is 35.5. The van der Waals surface area contributed by atoms with Crippen molar-refractivity contribution in [3.63, 3.8) is 0 Å². The fourth-order valence-corrected chi connectivity index (χ4v) is 4.74. The Hall–Kier alpha value is -3.61. The van der Waals surface area contributed by atoms with Crippen LogP contribution in [0.2, 0.25) is 10.0 Å². The summed E-state index contributed by atoms with van der Waals surface area (Å²) in [6.45, 7) is 1.72. The number of rotatable bonds is 2. The second kappa shape index (κ2) is 7.20. The first-order chi connectivity index (χ1) is 15.9. The minimum atomic E-state index is -0.814. The third-order valence-corrected chi connectivity index (χ3v) is 6.62. The molecule has 2 aromatic heterocycles. The van der Waals surface area contributed by atoms with E-state index >= 15 is 0 Å². The van der Waals surface area contributed by atoms with E-state index in [0.29, 0.717) is 32.3 Å². The van der Waals surface area contributed by atoms with Gasteiger partial charge in [0.1, 0.15) is 11.3 Å². The van der Waals surface area contributed by atoms with E-state index in [1.807, 2.05) is 30.3 Å². The van der Waals surface area contributed by atoms with Gasteiger partial charge in [-0.1, -0.05) is 64.8 Å². The number of carbonyl (C=O) groups is 1. The maximum Gasteiger partial charge on any atom is 0.296 e. The van der Waals surface area contributed by atoms with Crippen LogP contribution in [0.1, 0.15) is 33.5 Å². The summed E-state index contributed by atoms with van der Waals surface area (Å²) >= 11 is 12.4. The van der Waals surface area contributed by atoms with E-state index in [-0.39, 0.29) is 22.6 Å². The van der Waals surface area contributed by atoms with Crippen molar-refractivity contribution in [1.29, 1.82) is 0 Å². The maximum absolute atomic E-state index is 14.0. The van der Waals surface area contributed by atoms with Gasteiger partial charge in [-0.3, -0.25) is 14.5 Å². The van der Waals surface area contributed by atoms with E-state index in [0.717, 1.165) is 10.8 Å². The second-order valence-electron chi connectivity index (χ2n) is 7.88. The molecule has 0 spiro atoms. The van der Waals surface area contributed by atoms with Gasteiger partial charge in [0.25, 0.3) is 5.91 Å². The number of aromatic nitrogens is 1. The highest BCUT2D eigenvalue weighted by molar-refractivity contribution is 6.42. The molecule has 1 unspecified atom stereocenters. The predicted molar refractivity (Wildman–Crippen MR) is 126 cm³/mol. The zero-order valence-corrected chi connectivity index (χ0v) is 18.6. The Morgan fingerprint density at radius 1 is 0.970 bits per heavy atom. The quantitative estimate of drug-likeness (QED) is 0.279. The number of halogens is 2. The number of amides is 1. The lowest BCUT2D eigenvalue weighted by molar-refractivity contribution is 0.0969. The van der Waals surface area contributed by atoms with Crippen LogP contribution in [0.15, 0.2) is 74.4 Å². The molecule has 1 amide bonds. The van der Waals surface area contributed by atoms with Gasteiger partial charge in [-0.2, -0.15) is 0 Å². The van der Waals surface area contributed by atoms with Gasteiger partial charge in [-0.25, -0.2) is 0 Å². The zero-order chi connectivity index (χ0) is 22.9. The molecule has 3 aromatic carbocycles. The third-order valence-electron chi connectivity index (χ3n) is 5.89. The van der Waals surface area contributed by atoms with Gasteiger partial charge < -0.3 is 8.94 Å². The molecule has 6 nitrogen and oxygen atoms in total. The number of nitrogens with zero attached hydrogens (tertiary/aromatic N) is 2. The summed E-state index contributed by atoms with van der Waals surface area (Å²) in [6, 6.07) is 17.0. The molecule has 162 valence electrons. The molecule has 0 fully saturated rings. The van der Waals surface area contributed by atoms with Crippen LogP contribution < -0.4 is 10.3 Å². The number of hydrogen-bond donors (Lipinski definition) is 0. The minimum Gasteiger partial charge on any atom is -0.450 e. The molecule has 0 aliphatic carbocycles. The molecule has 1 aliphatic rings. The lowest BCUT2D eigenvalue weighted by Gasteiger charge is -2.22. The van der Waals surface area contributed by atoms with Crippen molar-refractivity contribution < 1.29 is 13.7 Å². The van der Waals surface area contributed by atoms with Gasteiger partial charge >= 0.3 is 0 Å². The highest BCUT2D eigenvalue weighted by Crippen LogP contribution is 2.42. The van der Waals surface area contributed by atoms with Crippen LogP contribution in [0.25, 0.3) is 21.7 Å². The number of aryl methyl sites for hydroxylation is 1. The molecule has 1 aliphatic heterocycles. The molecular weight excluding hydrogens is 463 g/mol. The Kier molecular flexibility index (Phi) is 4.37. The summed E-state index contributed by atoms with van der Waals surface area (Å²) in [5.74, 6) is 0.284. The van der Waals surface area contributed by atoms with Crippen molar-refractivity contribution in [2.75, 3.05) is 4.90 Å². The van der Waals surface area contributed by atoms with Crippen molar-refractivity contribution in [2.45, 2.75) is 13.0 Å². The standard InChI is InChI=1S/C25H14Cl2N2O4/c1-12-10-19(28-33-12)29-22(14-6-8-16(26)17(27)11-14)21-23(30)20-15-5-3-2-4-13(15)7-9-18(20)32-24(21)25(29)31/h2-11,22H,1H3. The molecule has 8 heteroatoms. The van der Waals surface area contributed by atoms with Gasteiger partial charge in [0.2, 0.25) is 5.76 Å². The highest BCUT2D eigenvalue weighted by Gasteiger charge is 2.45. The van der Waals surface area contributed by atoms with E-state index < -0.39 is 11.9 Å². The van der Waals surface area contributed by atoms with Gasteiger partial charge in [-0.05, 0) is 41.5 Å². The Labute approximate surface area is 196 Å². The fraction of sp³-hybridized carbons (Fsp3) is 0.0800. The van der Waals surface area contributed by atoms with Crippen LogP contribution >= 0.6 is 23.2 Å². The summed E-state index contributed by atoms with van der Waals surface area (Å²) in [5.41, 5.74) is 0.888. The monoisotopic (exact) mass is 476 g/mol. The van der Waals surface area contributed by atoms with E-state index in [1.165, 1.54) is 4.90 Å². The summed E-state index contributed by atoms with van der Waals surface area (Å²) in [4.78, 5) is 28.9. The molecule has 0 saturated heterocycles. The van der Waals surface area contributed by atoms with E-state index in [2.05, 4.69) is 5.16 Å². The predicted octanol–water partition coefficient (Wildman–Crippen LogP) is 6.30. The molecule has 0 N–H and O–H groups in total. The molecular formula is C25H14Cl2N2O4. The first-order valence-electron chi connectivity index (χ1n) is 10.1. The molecule has 0 saturated carbocycles. The van der Waals surface area contributed by atoms with Crippen LogP contribution in [0.5, 0.6) is 0 Å². The topological polar surface area (TPSA) is 76.6 Å². The molecule has 0 radical (unpaired) electrons. The molecule has 5 aromatic rings. The Morgan fingerprint density at radius 2 is 1.79 bits per heavy atom. The molecule has 1 atom stereocenters. The second-order valence-corrected chi connectivity index (χ2v) is 8.70. The number of carbonyl (C=O) groups excluding carboxylic acids is 1. The van der Waals surface area contributed by atoms with Crippen molar-refractivity contribution in [1.82, 2.24) is 5.16 Å². The molecule has 3 heterocycles. The van der Waals surface area contributed by atoms with Crippen molar-refractivity contribution in [3.8, 4) is 0 Å². The first-order valence-corrected chi connectivity index (χ1v) is 10.9. The summed E-state index contributed by atoms with van der Waals surface area (Å²) in [5, 5.41) is 6.77. The molecule has 33 heavy (non-hydrogen) atoms. The lowest BCUT2D eigenvalue weighted by atomic mass is 9.97. The average Bonchev–Trinajstić information content (AvgIpc) is 3.36. The Balaban J connectivity index is 1.71. The lowest BCUT2D eigenvalue weighted by Crippen LogP contribution is -2.29. The smallest absolute Gasteiger partial charge is 0.296 e. The Morgan fingerprint density at radius 3 is 2.55 bits per heavy atom. The number of fused-ring (bicyclic) bond motifs is 4. The van der Waals surface area contributed by atoms with Crippen LogP contribution in [0.3, 0.4) is 0 Å². The van der Waals surface area contributed by atoms with Crippen LogP contribution in [0.4, 0.5) is 5.82 Å². The van der Waals surface area contributed by atoms with Gasteiger partial charge in [-0.15, -0.1) is 0 Å². The third kappa shape index (κ3) is 2.91. The minimum absolute atomic E-state index is 0.0282.